The molecule has 4 saturated carbocycles. The smallest absolute Gasteiger partial charge is 0.178 e. The van der Waals surface area contributed by atoms with Crippen molar-refractivity contribution >= 4 is 5.78 Å². The first kappa shape index (κ1) is 18.5. The van der Waals surface area contributed by atoms with E-state index in [2.05, 4.69) is 39.8 Å². The molecule has 0 N–H and O–H groups in total. The molecule has 0 aromatic carbocycles. The van der Waals surface area contributed by atoms with Crippen LogP contribution in [0.3, 0.4) is 0 Å². The zero-order valence-electron chi connectivity index (χ0n) is 17.4. The second-order valence-corrected chi connectivity index (χ2v) is 10.8. The summed E-state index contributed by atoms with van der Waals surface area (Å²) in [4.78, 5) is 13.2. The molecule has 4 aliphatic carbocycles. The number of hydrogen-bond donors (Lipinski definition) is 0. The number of allylic oxidation sites excluding steroid dienone is 4. The fourth-order valence-corrected chi connectivity index (χ4v) is 7.41. The average Bonchev–Trinajstić information content (AvgIpc) is 3.37. The quantitative estimate of drug-likeness (QED) is 0.475. The van der Waals surface area contributed by atoms with Gasteiger partial charge >= 0.3 is 0 Å². The first-order chi connectivity index (χ1) is 12.3. The molecule has 1 nitrogen and oxygen atoms in total. The third kappa shape index (κ3) is 3.04. The highest BCUT2D eigenvalue weighted by molar-refractivity contribution is 6.00. The Kier molecular flexibility index (Phi) is 4.73. The zero-order valence-corrected chi connectivity index (χ0v) is 17.4. The van der Waals surface area contributed by atoms with Gasteiger partial charge in [-0.1, -0.05) is 38.8 Å². The Morgan fingerprint density at radius 2 is 1.08 bits per heavy atom. The molecule has 26 heavy (non-hydrogen) atoms. The number of carbonyl (C=O) groups excluding carboxylic acids is 1. The van der Waals surface area contributed by atoms with E-state index < -0.39 is 0 Å². The predicted octanol–water partition coefficient (Wildman–Crippen LogP) is 6.88. The van der Waals surface area contributed by atoms with E-state index in [9.17, 15) is 4.79 Å². The summed E-state index contributed by atoms with van der Waals surface area (Å²) >= 11 is 0. The first-order valence-electron chi connectivity index (χ1n) is 11.3. The van der Waals surface area contributed by atoms with Crippen LogP contribution < -0.4 is 0 Å². The normalized spacial score (nSPS) is 39.6. The summed E-state index contributed by atoms with van der Waals surface area (Å²) in [6.45, 7) is 9.18. The van der Waals surface area contributed by atoms with Crippen molar-refractivity contribution in [2.24, 2.45) is 34.5 Å². The fourth-order valence-electron chi connectivity index (χ4n) is 7.41. The molecule has 0 amide bonds. The Morgan fingerprint density at radius 3 is 1.31 bits per heavy atom. The van der Waals surface area contributed by atoms with Gasteiger partial charge in [-0.25, -0.2) is 0 Å². The highest BCUT2D eigenvalue weighted by Gasteiger charge is 2.49. The van der Waals surface area contributed by atoms with Gasteiger partial charge in [0.15, 0.2) is 5.78 Å². The van der Waals surface area contributed by atoms with E-state index in [4.69, 9.17) is 0 Å². The Hall–Kier alpha value is -0.850. The lowest BCUT2D eigenvalue weighted by Crippen LogP contribution is -2.23. The van der Waals surface area contributed by atoms with Crippen LogP contribution >= 0.6 is 0 Å². The third-order valence-electron chi connectivity index (χ3n) is 8.55. The van der Waals surface area contributed by atoms with E-state index in [0.29, 0.717) is 22.7 Å². The Bertz CT molecular complexity index is 563. The summed E-state index contributed by atoms with van der Waals surface area (Å²) in [6.07, 6.45) is 17.7. The first-order valence-corrected chi connectivity index (χ1v) is 11.3. The molecule has 0 radical (unpaired) electrons. The predicted molar refractivity (Wildman–Crippen MR) is 109 cm³/mol. The average molecular weight is 355 g/mol. The maximum Gasteiger partial charge on any atom is 0.178 e. The van der Waals surface area contributed by atoms with Crippen LogP contribution in [0.4, 0.5) is 0 Å². The van der Waals surface area contributed by atoms with Gasteiger partial charge in [0.05, 0.1) is 0 Å². The van der Waals surface area contributed by atoms with Gasteiger partial charge < -0.3 is 0 Å². The molecule has 1 heteroatoms. The van der Waals surface area contributed by atoms with Gasteiger partial charge in [0.25, 0.3) is 0 Å². The van der Waals surface area contributed by atoms with Crippen LogP contribution in [0, 0.1) is 34.5 Å². The molecule has 0 unspecified atom stereocenters. The minimum Gasteiger partial charge on any atom is -0.290 e. The standard InChI is InChI=1S/C25H38O/c1-17(2)22(24-9-5-19(15-24)6-10-24)13-21(26)14-23(18(3)4)25-11-7-20(16-25)8-12-25/h13-14,17-20H,5-12,15-16H2,1-4H3. The molecule has 0 saturated heterocycles. The number of carbonyl (C=O) groups is 1. The van der Waals surface area contributed by atoms with Crippen LogP contribution in [0.25, 0.3) is 0 Å². The third-order valence-corrected chi connectivity index (χ3v) is 8.55. The van der Waals surface area contributed by atoms with E-state index in [1.165, 1.54) is 75.4 Å². The van der Waals surface area contributed by atoms with Crippen molar-refractivity contribution in [2.75, 3.05) is 0 Å². The lowest BCUT2D eigenvalue weighted by molar-refractivity contribution is -0.110. The molecule has 0 atom stereocenters. The minimum atomic E-state index is 0.284. The van der Waals surface area contributed by atoms with E-state index in [1.54, 1.807) is 0 Å². The van der Waals surface area contributed by atoms with Crippen LogP contribution in [0.1, 0.15) is 91.9 Å². The SMILES string of the molecule is CC(C)C(=CC(=O)C=C(C(C)C)C12CCC(CC1)C2)C12CCC(CC1)C2. The van der Waals surface area contributed by atoms with Gasteiger partial charge in [0, 0.05) is 0 Å². The molecular weight excluding hydrogens is 316 g/mol. The Balaban J connectivity index is 1.62. The van der Waals surface area contributed by atoms with Crippen molar-refractivity contribution in [1.82, 2.24) is 0 Å². The lowest BCUT2D eigenvalue weighted by atomic mass is 9.71. The van der Waals surface area contributed by atoms with Gasteiger partial charge in [-0.3, -0.25) is 4.79 Å². The molecule has 4 rings (SSSR count). The highest BCUT2D eigenvalue weighted by Crippen LogP contribution is 2.60. The summed E-state index contributed by atoms with van der Waals surface area (Å²) in [5, 5.41) is 0. The van der Waals surface area contributed by atoms with Gasteiger partial charge in [-0.2, -0.15) is 0 Å². The monoisotopic (exact) mass is 354 g/mol. The van der Waals surface area contributed by atoms with Crippen LogP contribution in [-0.4, -0.2) is 5.78 Å². The molecule has 144 valence electrons. The molecule has 0 aromatic rings. The molecule has 4 fully saturated rings. The maximum absolute atomic E-state index is 13.2. The zero-order chi connectivity index (χ0) is 18.5. The Labute approximate surface area is 160 Å². The van der Waals surface area contributed by atoms with Gasteiger partial charge in [-0.05, 0) is 111 Å². The van der Waals surface area contributed by atoms with Crippen LogP contribution in [-0.2, 0) is 4.79 Å². The maximum atomic E-state index is 13.2. The summed E-state index contributed by atoms with van der Waals surface area (Å²) in [7, 11) is 0. The van der Waals surface area contributed by atoms with Crippen molar-refractivity contribution in [3.05, 3.63) is 23.3 Å². The summed E-state index contributed by atoms with van der Waals surface area (Å²) in [6, 6.07) is 0. The van der Waals surface area contributed by atoms with Crippen molar-refractivity contribution in [1.29, 1.82) is 0 Å². The van der Waals surface area contributed by atoms with E-state index in [-0.39, 0.29) is 5.78 Å². The molecule has 0 aromatic heterocycles. The molecular formula is C25H38O. The van der Waals surface area contributed by atoms with Crippen LogP contribution in [0.2, 0.25) is 0 Å². The summed E-state index contributed by atoms with van der Waals surface area (Å²) in [5.74, 6) is 3.13. The largest absolute Gasteiger partial charge is 0.290 e. The van der Waals surface area contributed by atoms with Crippen LogP contribution in [0.15, 0.2) is 23.3 Å². The number of hydrogen-bond acceptors (Lipinski definition) is 1. The van der Waals surface area contributed by atoms with Crippen LogP contribution in [0.5, 0.6) is 0 Å². The number of fused-ring (bicyclic) bond motifs is 4. The second kappa shape index (κ2) is 6.64. The summed E-state index contributed by atoms with van der Waals surface area (Å²) < 4.78 is 0. The van der Waals surface area contributed by atoms with Gasteiger partial charge in [0.1, 0.15) is 0 Å². The molecule has 4 bridgehead atoms. The van der Waals surface area contributed by atoms with E-state index >= 15 is 0 Å². The molecule has 0 spiro atoms. The molecule has 4 aliphatic rings. The Morgan fingerprint density at radius 1 is 0.731 bits per heavy atom. The van der Waals surface area contributed by atoms with Crippen molar-refractivity contribution in [3.63, 3.8) is 0 Å². The number of ketones is 1. The van der Waals surface area contributed by atoms with Crippen molar-refractivity contribution in [2.45, 2.75) is 91.9 Å². The molecule has 0 heterocycles. The van der Waals surface area contributed by atoms with Gasteiger partial charge in [-0.15, -0.1) is 0 Å². The lowest BCUT2D eigenvalue weighted by Gasteiger charge is -2.33. The summed E-state index contributed by atoms with van der Waals surface area (Å²) in [5.41, 5.74) is 3.67. The highest BCUT2D eigenvalue weighted by atomic mass is 16.1. The van der Waals surface area contributed by atoms with E-state index in [0.717, 1.165) is 11.8 Å². The van der Waals surface area contributed by atoms with Gasteiger partial charge in [0.2, 0.25) is 0 Å². The minimum absolute atomic E-state index is 0.284. The topological polar surface area (TPSA) is 17.1 Å². The van der Waals surface area contributed by atoms with E-state index in [1.807, 2.05) is 0 Å². The van der Waals surface area contributed by atoms with Crippen molar-refractivity contribution in [3.8, 4) is 0 Å². The second-order valence-electron chi connectivity index (χ2n) is 10.8. The number of rotatable bonds is 6. The van der Waals surface area contributed by atoms with Crippen molar-refractivity contribution < 1.29 is 4.79 Å². The molecule has 0 aliphatic heterocycles. The fraction of sp³-hybridized carbons (Fsp3) is 0.800.